The Morgan fingerprint density at radius 3 is 2.52 bits per heavy atom. The van der Waals surface area contributed by atoms with Gasteiger partial charge in [-0.3, -0.25) is 9.69 Å². The molecule has 4 heteroatoms. The molecule has 2 atom stereocenters. The fourth-order valence-corrected chi connectivity index (χ4v) is 5.83. The zero-order valence-corrected chi connectivity index (χ0v) is 18.9. The van der Waals surface area contributed by atoms with Crippen LogP contribution in [0, 0.1) is 5.92 Å². The van der Waals surface area contributed by atoms with Gasteiger partial charge < -0.3 is 9.30 Å². The number of hydrogen-bond donors (Lipinski definition) is 0. The van der Waals surface area contributed by atoms with Crippen LogP contribution in [0.4, 0.5) is 0 Å². The van der Waals surface area contributed by atoms with Crippen molar-refractivity contribution in [2.75, 3.05) is 20.2 Å². The summed E-state index contributed by atoms with van der Waals surface area (Å²) >= 11 is 0. The Kier molecular flexibility index (Phi) is 5.03. The number of nitrogens with zero attached hydrogens (tertiary/aromatic N) is 2. The lowest BCUT2D eigenvalue weighted by Gasteiger charge is -2.43. The molecule has 1 aromatic heterocycles. The largest absolute Gasteiger partial charge is 0.497 e. The predicted molar refractivity (Wildman–Crippen MR) is 133 cm³/mol. The molecule has 0 saturated carbocycles. The summed E-state index contributed by atoms with van der Waals surface area (Å²) in [5, 5.41) is 2.48. The Hall–Kier alpha value is -3.37. The standard InChI is InChI=1S/C29H28N2O2/c1-33-26-10-6-20(7-11-26)16-30-17-21-14-25(19-30)29-27(12-13-28(32)31(29)18-21)24-9-8-22-4-2-3-5-23(22)15-24/h2-13,15,21,25H,14,16-19H2,1H3/t21-,25-/m1/s1. The Bertz CT molecular complexity index is 1370. The third-order valence-corrected chi connectivity index (χ3v) is 7.29. The third-order valence-electron chi connectivity index (χ3n) is 7.29. The highest BCUT2D eigenvalue weighted by Crippen LogP contribution is 2.40. The summed E-state index contributed by atoms with van der Waals surface area (Å²) < 4.78 is 7.37. The van der Waals surface area contributed by atoms with Gasteiger partial charge in [-0.25, -0.2) is 0 Å². The SMILES string of the molecule is COc1ccc(CN2C[C@H]3C[C@H](C2)c2c(-c4ccc5ccccc5c4)ccc(=O)n2C3)cc1. The molecule has 0 N–H and O–H groups in total. The van der Waals surface area contributed by atoms with E-state index in [1.54, 1.807) is 13.2 Å². The average molecular weight is 437 g/mol. The van der Waals surface area contributed by atoms with E-state index in [0.29, 0.717) is 11.8 Å². The molecular formula is C29H28N2O2. The van der Waals surface area contributed by atoms with Crippen molar-refractivity contribution in [3.05, 3.63) is 100 Å². The van der Waals surface area contributed by atoms with Crippen LogP contribution in [-0.2, 0) is 13.1 Å². The van der Waals surface area contributed by atoms with Crippen LogP contribution in [0.1, 0.15) is 23.6 Å². The first-order valence-electron chi connectivity index (χ1n) is 11.8. The first-order valence-corrected chi connectivity index (χ1v) is 11.8. The number of hydrogen-bond acceptors (Lipinski definition) is 3. The average Bonchev–Trinajstić information content (AvgIpc) is 2.85. The van der Waals surface area contributed by atoms with Crippen LogP contribution >= 0.6 is 0 Å². The van der Waals surface area contributed by atoms with Gasteiger partial charge in [0.1, 0.15) is 5.75 Å². The van der Waals surface area contributed by atoms with E-state index in [1.165, 1.54) is 33.2 Å². The van der Waals surface area contributed by atoms with Crippen LogP contribution in [-0.4, -0.2) is 29.7 Å². The quantitative estimate of drug-likeness (QED) is 0.436. The van der Waals surface area contributed by atoms with Gasteiger partial charge in [0.2, 0.25) is 0 Å². The van der Waals surface area contributed by atoms with Crippen molar-refractivity contribution in [3.8, 4) is 16.9 Å². The summed E-state index contributed by atoms with van der Waals surface area (Å²) in [6, 6.07) is 27.3. The van der Waals surface area contributed by atoms with E-state index in [1.807, 2.05) is 18.2 Å². The molecule has 33 heavy (non-hydrogen) atoms. The Balaban J connectivity index is 1.35. The first kappa shape index (κ1) is 20.3. The minimum atomic E-state index is 0.132. The maximum atomic E-state index is 12.9. The van der Waals surface area contributed by atoms with Gasteiger partial charge in [-0.15, -0.1) is 0 Å². The second-order valence-electron chi connectivity index (χ2n) is 9.48. The summed E-state index contributed by atoms with van der Waals surface area (Å²) in [7, 11) is 1.70. The highest BCUT2D eigenvalue weighted by atomic mass is 16.5. The number of ether oxygens (including phenoxy) is 1. The van der Waals surface area contributed by atoms with Crippen molar-refractivity contribution in [1.82, 2.24) is 9.47 Å². The highest BCUT2D eigenvalue weighted by Gasteiger charge is 2.36. The van der Waals surface area contributed by atoms with Crippen LogP contribution in [0.3, 0.4) is 0 Å². The molecule has 4 aromatic rings. The van der Waals surface area contributed by atoms with Gasteiger partial charge in [-0.05, 0) is 58.5 Å². The Morgan fingerprint density at radius 1 is 0.879 bits per heavy atom. The second-order valence-corrected chi connectivity index (χ2v) is 9.48. The summed E-state index contributed by atoms with van der Waals surface area (Å²) in [5.41, 5.74) is 5.05. The molecule has 0 amide bonds. The van der Waals surface area contributed by atoms with Crippen LogP contribution in [0.5, 0.6) is 5.75 Å². The number of benzene rings is 3. The molecule has 2 bridgehead atoms. The maximum Gasteiger partial charge on any atom is 0.250 e. The van der Waals surface area contributed by atoms with Gasteiger partial charge in [0.15, 0.2) is 0 Å². The van der Waals surface area contributed by atoms with Gasteiger partial charge in [-0.2, -0.15) is 0 Å². The minimum absolute atomic E-state index is 0.132. The van der Waals surface area contributed by atoms with Crippen LogP contribution in [0.25, 0.3) is 21.9 Å². The fourth-order valence-electron chi connectivity index (χ4n) is 5.83. The zero-order chi connectivity index (χ0) is 22.4. The second kappa shape index (κ2) is 8.20. The molecule has 6 rings (SSSR count). The molecule has 3 aromatic carbocycles. The van der Waals surface area contributed by atoms with Crippen molar-refractivity contribution in [2.24, 2.45) is 5.92 Å². The molecule has 0 unspecified atom stereocenters. The van der Waals surface area contributed by atoms with Gasteiger partial charge in [0.05, 0.1) is 7.11 Å². The molecule has 4 nitrogen and oxygen atoms in total. The van der Waals surface area contributed by atoms with E-state index in [9.17, 15) is 4.79 Å². The maximum absolute atomic E-state index is 12.9. The predicted octanol–water partition coefficient (Wildman–Crippen LogP) is 5.30. The molecule has 0 aliphatic carbocycles. The lowest BCUT2D eigenvalue weighted by Crippen LogP contribution is -2.47. The number of fused-ring (bicyclic) bond motifs is 5. The topological polar surface area (TPSA) is 34.5 Å². The van der Waals surface area contributed by atoms with Gasteiger partial charge in [-0.1, -0.05) is 48.5 Å². The molecule has 1 saturated heterocycles. The first-order chi connectivity index (χ1) is 16.2. The van der Waals surface area contributed by atoms with Gasteiger partial charge >= 0.3 is 0 Å². The zero-order valence-electron chi connectivity index (χ0n) is 18.9. The normalized spacial score (nSPS) is 19.9. The van der Waals surface area contributed by atoms with E-state index in [4.69, 9.17) is 4.74 Å². The van der Waals surface area contributed by atoms with E-state index in [2.05, 4.69) is 64.1 Å². The van der Waals surface area contributed by atoms with Crippen LogP contribution in [0.2, 0.25) is 0 Å². The van der Waals surface area contributed by atoms with Gasteiger partial charge in [0, 0.05) is 49.4 Å². The third kappa shape index (κ3) is 3.75. The smallest absolute Gasteiger partial charge is 0.250 e. The Labute approximate surface area is 194 Å². The monoisotopic (exact) mass is 436 g/mol. The molecule has 3 heterocycles. The van der Waals surface area contributed by atoms with Crippen molar-refractivity contribution in [3.63, 3.8) is 0 Å². The number of piperidine rings is 1. The number of pyridine rings is 1. The summed E-state index contributed by atoms with van der Waals surface area (Å²) in [6.45, 7) is 3.76. The number of likely N-dealkylation sites (tertiary alicyclic amines) is 1. The van der Waals surface area contributed by atoms with E-state index in [-0.39, 0.29) is 5.56 Å². The van der Waals surface area contributed by atoms with E-state index in [0.717, 1.165) is 38.3 Å². The number of rotatable bonds is 4. The Morgan fingerprint density at radius 2 is 1.70 bits per heavy atom. The lowest BCUT2D eigenvalue weighted by atomic mass is 9.80. The van der Waals surface area contributed by atoms with Crippen molar-refractivity contribution in [2.45, 2.75) is 25.4 Å². The summed E-state index contributed by atoms with van der Waals surface area (Å²) in [5.74, 6) is 1.77. The molecule has 1 fully saturated rings. The van der Waals surface area contributed by atoms with E-state index < -0.39 is 0 Å². The summed E-state index contributed by atoms with van der Waals surface area (Å²) in [4.78, 5) is 15.4. The van der Waals surface area contributed by atoms with Crippen molar-refractivity contribution >= 4 is 10.8 Å². The van der Waals surface area contributed by atoms with Crippen molar-refractivity contribution < 1.29 is 4.74 Å². The fraction of sp³-hybridized carbons (Fsp3) is 0.276. The lowest BCUT2D eigenvalue weighted by molar-refractivity contribution is 0.115. The number of methoxy groups -OCH3 is 1. The minimum Gasteiger partial charge on any atom is -0.497 e. The molecule has 2 aliphatic rings. The van der Waals surface area contributed by atoms with Crippen LogP contribution in [0.15, 0.2) is 83.7 Å². The molecule has 0 radical (unpaired) electrons. The number of aromatic nitrogens is 1. The summed E-state index contributed by atoms with van der Waals surface area (Å²) in [6.07, 6.45) is 1.16. The highest BCUT2D eigenvalue weighted by molar-refractivity contribution is 5.87. The van der Waals surface area contributed by atoms with Crippen LogP contribution < -0.4 is 10.3 Å². The van der Waals surface area contributed by atoms with Crippen molar-refractivity contribution in [1.29, 1.82) is 0 Å². The molecular weight excluding hydrogens is 408 g/mol. The molecule has 2 aliphatic heterocycles. The molecule has 166 valence electrons. The van der Waals surface area contributed by atoms with Gasteiger partial charge in [0.25, 0.3) is 5.56 Å². The van der Waals surface area contributed by atoms with E-state index >= 15 is 0 Å². The molecule has 0 spiro atoms.